The molecule has 2 aromatic rings. The first-order chi connectivity index (χ1) is 8.43. The van der Waals surface area contributed by atoms with Crippen LogP contribution in [0.15, 0.2) is 57.2 Å². The molecule has 0 saturated carbocycles. The second-order valence-electron chi connectivity index (χ2n) is 4.14. The van der Waals surface area contributed by atoms with Crippen molar-refractivity contribution in [2.75, 3.05) is 11.6 Å². The molecule has 2 aromatic carbocycles. The number of aliphatic imine (C=N–C) groups is 1. The van der Waals surface area contributed by atoms with Crippen molar-refractivity contribution in [3.63, 3.8) is 0 Å². The number of rotatable bonds is 0. The molecule has 0 N–H and O–H groups in total. The van der Waals surface area contributed by atoms with E-state index in [-0.39, 0.29) is 0 Å². The standard InChI is InChI=1S/C14H10N2S/c1-2-6-12-11(5-1)16-9-15-8-10-4-3-7-13(17-12)14(10)16/h1-8H,9H2. The summed E-state index contributed by atoms with van der Waals surface area (Å²) in [6, 6.07) is 14.9. The van der Waals surface area contributed by atoms with Crippen LogP contribution in [0, 0.1) is 0 Å². The maximum atomic E-state index is 4.44. The molecule has 0 spiro atoms. The van der Waals surface area contributed by atoms with Gasteiger partial charge in [0.25, 0.3) is 0 Å². The molecule has 0 aromatic heterocycles. The molecule has 0 saturated heterocycles. The van der Waals surface area contributed by atoms with Gasteiger partial charge in [-0.1, -0.05) is 36.0 Å². The molecule has 82 valence electrons. The molecule has 3 heteroatoms. The van der Waals surface area contributed by atoms with Crippen molar-refractivity contribution in [3.05, 3.63) is 48.0 Å². The maximum Gasteiger partial charge on any atom is 0.115 e. The predicted molar refractivity (Wildman–Crippen MR) is 71.6 cm³/mol. The van der Waals surface area contributed by atoms with E-state index in [1.807, 2.05) is 18.0 Å². The summed E-state index contributed by atoms with van der Waals surface area (Å²) in [6.07, 6.45) is 1.98. The first-order valence-electron chi connectivity index (χ1n) is 5.61. The van der Waals surface area contributed by atoms with Gasteiger partial charge >= 0.3 is 0 Å². The lowest BCUT2D eigenvalue weighted by atomic mass is 10.1. The maximum absolute atomic E-state index is 4.44. The Balaban J connectivity index is 2.02. The van der Waals surface area contributed by atoms with Gasteiger partial charge in [0.05, 0.1) is 11.4 Å². The molecule has 2 aliphatic rings. The van der Waals surface area contributed by atoms with E-state index in [1.54, 1.807) is 0 Å². The highest BCUT2D eigenvalue weighted by atomic mass is 32.2. The number of nitrogens with zero attached hydrogens (tertiary/aromatic N) is 2. The van der Waals surface area contributed by atoms with Crippen molar-refractivity contribution in [2.24, 2.45) is 4.99 Å². The van der Waals surface area contributed by atoms with E-state index in [9.17, 15) is 0 Å². The van der Waals surface area contributed by atoms with Gasteiger partial charge in [0, 0.05) is 21.6 Å². The van der Waals surface area contributed by atoms with Gasteiger partial charge in [0.2, 0.25) is 0 Å². The summed E-state index contributed by atoms with van der Waals surface area (Å²) in [4.78, 5) is 9.38. The van der Waals surface area contributed by atoms with Gasteiger partial charge in [-0.2, -0.15) is 0 Å². The molecular formula is C14H10N2S. The van der Waals surface area contributed by atoms with Crippen molar-refractivity contribution in [2.45, 2.75) is 9.79 Å². The summed E-state index contributed by atoms with van der Waals surface area (Å²) < 4.78 is 0. The Labute approximate surface area is 104 Å². The molecule has 0 bridgehead atoms. The topological polar surface area (TPSA) is 15.6 Å². The zero-order chi connectivity index (χ0) is 11.2. The molecule has 17 heavy (non-hydrogen) atoms. The fourth-order valence-corrected chi connectivity index (χ4v) is 3.53. The average Bonchev–Trinajstić information content (AvgIpc) is 2.39. The van der Waals surface area contributed by atoms with Crippen molar-refractivity contribution in [1.29, 1.82) is 0 Å². The molecule has 2 heterocycles. The van der Waals surface area contributed by atoms with Crippen LogP contribution >= 0.6 is 11.8 Å². The van der Waals surface area contributed by atoms with Crippen LogP contribution in [0.4, 0.5) is 11.4 Å². The normalized spacial score (nSPS) is 15.4. The number of anilines is 2. The molecule has 0 atom stereocenters. The monoisotopic (exact) mass is 238 g/mol. The molecular weight excluding hydrogens is 228 g/mol. The van der Waals surface area contributed by atoms with Gasteiger partial charge in [-0.15, -0.1) is 0 Å². The molecule has 2 aliphatic heterocycles. The van der Waals surface area contributed by atoms with E-state index >= 15 is 0 Å². The minimum Gasteiger partial charge on any atom is -0.319 e. The third-order valence-electron chi connectivity index (χ3n) is 3.13. The molecule has 0 aliphatic carbocycles. The molecule has 4 rings (SSSR count). The third kappa shape index (κ3) is 1.26. The Morgan fingerprint density at radius 1 is 1.00 bits per heavy atom. The summed E-state index contributed by atoms with van der Waals surface area (Å²) in [6.45, 7) is 0.724. The average molecular weight is 238 g/mol. The summed E-state index contributed by atoms with van der Waals surface area (Å²) in [5.74, 6) is 0. The van der Waals surface area contributed by atoms with Crippen molar-refractivity contribution < 1.29 is 0 Å². The number of hydrogen-bond acceptors (Lipinski definition) is 3. The first kappa shape index (κ1) is 9.31. The Kier molecular flexibility index (Phi) is 1.85. The second-order valence-corrected chi connectivity index (χ2v) is 5.23. The van der Waals surface area contributed by atoms with Crippen LogP contribution in [-0.4, -0.2) is 12.9 Å². The van der Waals surface area contributed by atoms with Crippen LogP contribution < -0.4 is 4.90 Å². The van der Waals surface area contributed by atoms with Crippen molar-refractivity contribution >= 4 is 29.4 Å². The van der Waals surface area contributed by atoms with Gasteiger partial charge in [0.15, 0.2) is 0 Å². The predicted octanol–water partition coefficient (Wildman–Crippen LogP) is 3.68. The minimum atomic E-state index is 0.724. The van der Waals surface area contributed by atoms with E-state index < -0.39 is 0 Å². The van der Waals surface area contributed by atoms with Crippen LogP contribution in [-0.2, 0) is 0 Å². The second kappa shape index (κ2) is 3.37. The van der Waals surface area contributed by atoms with Crippen LogP contribution in [0.2, 0.25) is 0 Å². The van der Waals surface area contributed by atoms with E-state index in [4.69, 9.17) is 0 Å². The fraction of sp³-hybridized carbons (Fsp3) is 0.0714. The van der Waals surface area contributed by atoms with Gasteiger partial charge < -0.3 is 4.90 Å². The zero-order valence-corrected chi connectivity index (χ0v) is 9.95. The molecule has 0 fully saturated rings. The van der Waals surface area contributed by atoms with Gasteiger partial charge in [-0.3, -0.25) is 4.99 Å². The molecule has 0 amide bonds. The Hall–Kier alpha value is -1.74. The third-order valence-corrected chi connectivity index (χ3v) is 4.24. The van der Waals surface area contributed by atoms with Crippen LogP contribution in [0.3, 0.4) is 0 Å². The van der Waals surface area contributed by atoms with Gasteiger partial charge in [-0.25, -0.2) is 0 Å². The van der Waals surface area contributed by atoms with E-state index in [0.717, 1.165) is 6.67 Å². The molecule has 0 radical (unpaired) electrons. The smallest absolute Gasteiger partial charge is 0.115 e. The number of hydrogen-bond donors (Lipinski definition) is 0. The Morgan fingerprint density at radius 2 is 1.88 bits per heavy atom. The van der Waals surface area contributed by atoms with Gasteiger partial charge in [-0.05, 0) is 18.2 Å². The lowest BCUT2D eigenvalue weighted by molar-refractivity contribution is 0.935. The fourth-order valence-electron chi connectivity index (χ4n) is 2.39. The molecule has 2 nitrogen and oxygen atoms in total. The summed E-state index contributed by atoms with van der Waals surface area (Å²) in [5, 5.41) is 0. The largest absolute Gasteiger partial charge is 0.319 e. The lowest BCUT2D eigenvalue weighted by Crippen LogP contribution is -2.25. The van der Waals surface area contributed by atoms with E-state index in [2.05, 4.69) is 52.4 Å². The Morgan fingerprint density at radius 3 is 2.88 bits per heavy atom. The zero-order valence-electron chi connectivity index (χ0n) is 9.13. The number of fused-ring (bicyclic) bond motifs is 2. The number of benzene rings is 2. The highest BCUT2D eigenvalue weighted by molar-refractivity contribution is 7.99. The highest BCUT2D eigenvalue weighted by Gasteiger charge is 2.26. The first-order valence-corrected chi connectivity index (χ1v) is 6.42. The summed E-state index contributed by atoms with van der Waals surface area (Å²) in [7, 11) is 0. The number of para-hydroxylation sites is 2. The van der Waals surface area contributed by atoms with E-state index in [0.29, 0.717) is 0 Å². The summed E-state index contributed by atoms with van der Waals surface area (Å²) >= 11 is 1.85. The summed E-state index contributed by atoms with van der Waals surface area (Å²) in [5.41, 5.74) is 3.80. The highest BCUT2D eigenvalue weighted by Crippen LogP contribution is 2.49. The lowest BCUT2D eigenvalue weighted by Gasteiger charge is -2.34. The van der Waals surface area contributed by atoms with E-state index in [1.165, 1.54) is 26.7 Å². The van der Waals surface area contributed by atoms with Crippen LogP contribution in [0.1, 0.15) is 5.56 Å². The van der Waals surface area contributed by atoms with Crippen LogP contribution in [0.25, 0.3) is 0 Å². The van der Waals surface area contributed by atoms with Crippen LogP contribution in [0.5, 0.6) is 0 Å². The quantitative estimate of drug-likeness (QED) is 0.695. The van der Waals surface area contributed by atoms with Gasteiger partial charge in [0.1, 0.15) is 6.67 Å². The minimum absolute atomic E-state index is 0.724. The van der Waals surface area contributed by atoms with Crippen molar-refractivity contribution in [1.82, 2.24) is 0 Å². The SMILES string of the molecule is C1=NCN2c3ccccc3Sc3cccc1c32. The molecule has 0 unspecified atom stereocenters. The Bertz CT molecular complexity index is 634. The van der Waals surface area contributed by atoms with Crippen molar-refractivity contribution in [3.8, 4) is 0 Å².